The van der Waals surface area contributed by atoms with E-state index < -0.39 is 23.6 Å². The van der Waals surface area contributed by atoms with Gasteiger partial charge in [0.1, 0.15) is 0 Å². The van der Waals surface area contributed by atoms with Gasteiger partial charge in [0.05, 0.1) is 17.4 Å². The summed E-state index contributed by atoms with van der Waals surface area (Å²) in [5.74, 6) is -1.56. The second-order valence-corrected chi connectivity index (χ2v) is 5.16. The molecule has 0 spiro atoms. The van der Waals surface area contributed by atoms with Gasteiger partial charge in [0.25, 0.3) is 5.91 Å². The summed E-state index contributed by atoms with van der Waals surface area (Å²) < 4.78 is 39.8. The highest BCUT2D eigenvalue weighted by atomic mass is 19.4. The van der Waals surface area contributed by atoms with Crippen LogP contribution in [0.3, 0.4) is 0 Å². The van der Waals surface area contributed by atoms with Gasteiger partial charge in [0.15, 0.2) is 5.69 Å². The lowest BCUT2D eigenvalue weighted by molar-refractivity contribution is -0.137. The van der Waals surface area contributed by atoms with Gasteiger partial charge in [-0.05, 0) is 12.1 Å². The van der Waals surface area contributed by atoms with E-state index in [9.17, 15) is 22.8 Å². The van der Waals surface area contributed by atoms with Crippen molar-refractivity contribution in [2.75, 3.05) is 0 Å². The molecule has 24 heavy (non-hydrogen) atoms. The van der Waals surface area contributed by atoms with Gasteiger partial charge in [-0.2, -0.15) is 13.2 Å². The van der Waals surface area contributed by atoms with Crippen LogP contribution in [0.15, 0.2) is 30.5 Å². The lowest BCUT2D eigenvalue weighted by Crippen LogP contribution is -2.43. The number of halogens is 3. The lowest BCUT2D eigenvalue weighted by atomic mass is 10.1. The van der Waals surface area contributed by atoms with Crippen molar-refractivity contribution in [2.45, 2.75) is 20.0 Å². The molecular formula is C14H14F3N5O2. The molecule has 0 aliphatic carbocycles. The summed E-state index contributed by atoms with van der Waals surface area (Å²) in [4.78, 5) is 23.2. The Hall–Kier alpha value is -2.91. The Morgan fingerprint density at radius 3 is 2.46 bits per heavy atom. The van der Waals surface area contributed by atoms with Crippen LogP contribution in [-0.4, -0.2) is 26.8 Å². The van der Waals surface area contributed by atoms with Crippen molar-refractivity contribution in [3.8, 4) is 5.69 Å². The number of hydrogen-bond acceptors (Lipinski definition) is 4. The Balaban J connectivity index is 2.20. The van der Waals surface area contributed by atoms with Crippen molar-refractivity contribution in [1.29, 1.82) is 0 Å². The van der Waals surface area contributed by atoms with Crippen molar-refractivity contribution in [3.63, 3.8) is 0 Å². The van der Waals surface area contributed by atoms with Crippen LogP contribution >= 0.6 is 0 Å². The fourth-order valence-corrected chi connectivity index (χ4v) is 1.73. The zero-order chi connectivity index (χ0) is 17.9. The Morgan fingerprint density at radius 1 is 1.17 bits per heavy atom. The number of hydrazine groups is 1. The molecule has 0 atom stereocenters. The number of aromatic nitrogens is 3. The molecule has 128 valence electrons. The molecule has 0 fully saturated rings. The predicted octanol–water partition coefficient (Wildman–Crippen LogP) is 1.70. The number of alkyl halides is 3. The van der Waals surface area contributed by atoms with Crippen molar-refractivity contribution < 1.29 is 22.8 Å². The minimum atomic E-state index is -4.57. The molecule has 2 N–H and O–H groups in total. The van der Waals surface area contributed by atoms with E-state index in [1.807, 2.05) is 0 Å². The van der Waals surface area contributed by atoms with Gasteiger partial charge in [-0.3, -0.25) is 20.4 Å². The summed E-state index contributed by atoms with van der Waals surface area (Å²) in [6.45, 7) is 3.26. The van der Waals surface area contributed by atoms with Gasteiger partial charge in [-0.25, -0.2) is 4.68 Å². The molecule has 0 aliphatic rings. The van der Waals surface area contributed by atoms with Crippen molar-refractivity contribution in [2.24, 2.45) is 5.92 Å². The van der Waals surface area contributed by atoms with Gasteiger partial charge in [0.2, 0.25) is 5.91 Å². The van der Waals surface area contributed by atoms with Crippen LogP contribution in [-0.2, 0) is 11.0 Å². The fraction of sp³-hybridized carbons (Fsp3) is 0.286. The summed E-state index contributed by atoms with van der Waals surface area (Å²) in [6.07, 6.45) is -3.53. The Kier molecular flexibility index (Phi) is 4.86. The van der Waals surface area contributed by atoms with Crippen molar-refractivity contribution in [1.82, 2.24) is 25.8 Å². The Labute approximate surface area is 134 Å². The maximum atomic E-state index is 13.0. The minimum Gasteiger partial charge on any atom is -0.273 e. The Bertz CT molecular complexity index is 755. The average Bonchev–Trinajstić information content (AvgIpc) is 3.01. The van der Waals surface area contributed by atoms with Crippen LogP contribution < -0.4 is 10.9 Å². The number of para-hydroxylation sites is 1. The molecule has 1 aromatic heterocycles. The average molecular weight is 341 g/mol. The van der Waals surface area contributed by atoms with Gasteiger partial charge in [0, 0.05) is 5.92 Å². The first-order chi connectivity index (χ1) is 11.2. The largest absolute Gasteiger partial charge is 0.418 e. The monoisotopic (exact) mass is 341 g/mol. The highest BCUT2D eigenvalue weighted by Gasteiger charge is 2.34. The number of rotatable bonds is 3. The highest BCUT2D eigenvalue weighted by molar-refractivity contribution is 5.93. The Morgan fingerprint density at radius 2 is 1.83 bits per heavy atom. The van der Waals surface area contributed by atoms with Crippen molar-refractivity contribution >= 4 is 11.8 Å². The van der Waals surface area contributed by atoms with E-state index in [0.29, 0.717) is 0 Å². The van der Waals surface area contributed by atoms with E-state index in [-0.39, 0.29) is 17.3 Å². The molecule has 2 rings (SSSR count). The molecule has 0 unspecified atom stereocenters. The summed E-state index contributed by atoms with van der Waals surface area (Å²) in [6, 6.07) is 4.77. The maximum absolute atomic E-state index is 13.0. The molecule has 0 aliphatic heterocycles. The minimum absolute atomic E-state index is 0.240. The molecule has 2 amide bonds. The fourth-order valence-electron chi connectivity index (χ4n) is 1.73. The smallest absolute Gasteiger partial charge is 0.273 e. The molecule has 1 aromatic carbocycles. The predicted molar refractivity (Wildman–Crippen MR) is 76.8 cm³/mol. The molecule has 0 saturated heterocycles. The number of hydrogen-bond donors (Lipinski definition) is 2. The highest BCUT2D eigenvalue weighted by Crippen LogP contribution is 2.33. The van der Waals surface area contributed by atoms with E-state index in [1.54, 1.807) is 13.8 Å². The second-order valence-electron chi connectivity index (χ2n) is 5.16. The molecule has 0 radical (unpaired) electrons. The third-order valence-corrected chi connectivity index (χ3v) is 3.01. The van der Waals surface area contributed by atoms with Crippen LogP contribution in [0.5, 0.6) is 0 Å². The molecule has 10 heteroatoms. The molecule has 1 heterocycles. The normalized spacial score (nSPS) is 11.4. The zero-order valence-corrected chi connectivity index (χ0v) is 12.8. The quantitative estimate of drug-likeness (QED) is 0.832. The number of amides is 2. The van der Waals surface area contributed by atoms with Crippen LogP contribution in [0.2, 0.25) is 0 Å². The van der Waals surface area contributed by atoms with E-state index in [0.717, 1.165) is 16.9 Å². The number of carbonyl (C=O) groups excluding carboxylic acids is 2. The van der Waals surface area contributed by atoms with E-state index in [4.69, 9.17) is 0 Å². The van der Waals surface area contributed by atoms with Gasteiger partial charge in [-0.1, -0.05) is 31.2 Å². The molecule has 2 aromatic rings. The third-order valence-electron chi connectivity index (χ3n) is 3.01. The van der Waals surface area contributed by atoms with Crippen LogP contribution in [0, 0.1) is 5.92 Å². The molecule has 7 nitrogen and oxygen atoms in total. The van der Waals surface area contributed by atoms with Crippen LogP contribution in [0.1, 0.15) is 29.9 Å². The molecular weight excluding hydrogens is 327 g/mol. The first-order valence-corrected chi connectivity index (χ1v) is 6.89. The lowest BCUT2D eigenvalue weighted by Gasteiger charge is -2.11. The zero-order valence-electron chi connectivity index (χ0n) is 12.8. The maximum Gasteiger partial charge on any atom is 0.418 e. The van der Waals surface area contributed by atoms with Crippen LogP contribution in [0.25, 0.3) is 5.69 Å². The summed E-state index contributed by atoms with van der Waals surface area (Å²) >= 11 is 0. The summed E-state index contributed by atoms with van der Waals surface area (Å²) in [5, 5.41) is 7.06. The first-order valence-electron chi connectivity index (χ1n) is 6.89. The van der Waals surface area contributed by atoms with Gasteiger partial charge >= 0.3 is 6.18 Å². The molecule has 0 bridgehead atoms. The second kappa shape index (κ2) is 6.69. The van der Waals surface area contributed by atoms with Crippen molar-refractivity contribution in [3.05, 3.63) is 41.7 Å². The van der Waals surface area contributed by atoms with E-state index >= 15 is 0 Å². The van der Waals surface area contributed by atoms with E-state index in [1.165, 1.54) is 18.2 Å². The van der Waals surface area contributed by atoms with Gasteiger partial charge in [-0.15, -0.1) is 5.10 Å². The number of nitrogens with one attached hydrogen (secondary N) is 2. The summed E-state index contributed by atoms with van der Waals surface area (Å²) in [5.41, 5.74) is 2.87. The number of carbonyl (C=O) groups is 2. The molecule has 0 saturated carbocycles. The van der Waals surface area contributed by atoms with Crippen LogP contribution in [0.4, 0.5) is 13.2 Å². The topological polar surface area (TPSA) is 88.9 Å². The number of nitrogens with zero attached hydrogens (tertiary/aromatic N) is 3. The van der Waals surface area contributed by atoms with E-state index in [2.05, 4.69) is 21.2 Å². The standard InChI is InChI=1S/C14H14F3N5O2/c1-8(2)12(23)19-20-13(24)10-7-22(21-18-10)11-6-4-3-5-9(11)14(15,16)17/h3-8H,1-2H3,(H,19,23)(H,20,24). The first kappa shape index (κ1) is 17.4. The SMILES string of the molecule is CC(C)C(=O)NNC(=O)c1cn(-c2ccccc2C(F)(F)F)nn1. The summed E-state index contributed by atoms with van der Waals surface area (Å²) in [7, 11) is 0. The van der Waals surface area contributed by atoms with Gasteiger partial charge < -0.3 is 0 Å². The third kappa shape index (κ3) is 3.89. The number of benzene rings is 1.